The highest BCUT2D eigenvalue weighted by Gasteiger charge is 2.12. The predicted molar refractivity (Wildman–Crippen MR) is 79.1 cm³/mol. The van der Waals surface area contributed by atoms with Crippen molar-refractivity contribution in [2.75, 3.05) is 26.9 Å². The van der Waals surface area contributed by atoms with Crippen LogP contribution in [0.25, 0.3) is 0 Å². The van der Waals surface area contributed by atoms with Crippen LogP contribution in [0.3, 0.4) is 0 Å². The number of nitrogens with zero attached hydrogens (tertiary/aromatic N) is 1. The van der Waals surface area contributed by atoms with E-state index >= 15 is 0 Å². The van der Waals surface area contributed by atoms with Crippen molar-refractivity contribution in [2.45, 2.75) is 30.8 Å². The lowest BCUT2D eigenvalue weighted by molar-refractivity contribution is 0.334. The van der Waals surface area contributed by atoms with E-state index in [1.165, 1.54) is 6.26 Å². The molecule has 0 radical (unpaired) electrons. The Kier molecular flexibility index (Phi) is 5.52. The quantitative estimate of drug-likeness (QED) is 0.863. The fraction of sp³-hybridized carbons (Fsp3) is 0.571. The summed E-state index contributed by atoms with van der Waals surface area (Å²) in [6, 6.07) is 7.65. The summed E-state index contributed by atoms with van der Waals surface area (Å²) in [5.74, 6) is 0. The Hall–Kier alpha value is -0.910. The molecule has 0 amide bonds. The van der Waals surface area contributed by atoms with E-state index in [-0.39, 0.29) is 6.04 Å². The molecule has 2 unspecified atom stereocenters. The van der Waals surface area contributed by atoms with Gasteiger partial charge in [0.1, 0.15) is 0 Å². The SMILES string of the molecule is CC(CN(C)C)NC(C)c1ccc(S(C)(=O)=O)cc1. The maximum absolute atomic E-state index is 11.4. The molecule has 5 heteroatoms. The first-order chi connectivity index (χ1) is 8.70. The van der Waals surface area contributed by atoms with Gasteiger partial charge in [-0.1, -0.05) is 12.1 Å². The molecule has 1 rings (SSSR count). The lowest BCUT2D eigenvalue weighted by Crippen LogP contribution is -2.37. The molecule has 108 valence electrons. The highest BCUT2D eigenvalue weighted by molar-refractivity contribution is 7.90. The number of benzene rings is 1. The molecule has 0 heterocycles. The zero-order valence-electron chi connectivity index (χ0n) is 12.3. The molecule has 0 aliphatic rings. The number of hydrogen-bond acceptors (Lipinski definition) is 4. The van der Waals surface area contributed by atoms with Crippen molar-refractivity contribution in [1.29, 1.82) is 0 Å². The third-order valence-electron chi connectivity index (χ3n) is 2.98. The van der Waals surface area contributed by atoms with Crippen LogP contribution in [0.1, 0.15) is 25.5 Å². The minimum absolute atomic E-state index is 0.198. The van der Waals surface area contributed by atoms with Crippen molar-refractivity contribution < 1.29 is 8.42 Å². The third-order valence-corrected chi connectivity index (χ3v) is 4.11. The Morgan fingerprint density at radius 1 is 1.16 bits per heavy atom. The Labute approximate surface area is 116 Å². The number of rotatable bonds is 6. The normalized spacial score (nSPS) is 15.5. The van der Waals surface area contributed by atoms with E-state index in [0.717, 1.165) is 12.1 Å². The fourth-order valence-electron chi connectivity index (χ4n) is 2.13. The maximum atomic E-state index is 11.4. The van der Waals surface area contributed by atoms with Crippen molar-refractivity contribution >= 4 is 9.84 Å². The maximum Gasteiger partial charge on any atom is 0.175 e. The van der Waals surface area contributed by atoms with Gasteiger partial charge in [0.05, 0.1) is 4.90 Å². The van der Waals surface area contributed by atoms with E-state index in [4.69, 9.17) is 0 Å². The molecule has 2 atom stereocenters. The van der Waals surface area contributed by atoms with Crippen LogP contribution in [-0.4, -0.2) is 46.3 Å². The van der Waals surface area contributed by atoms with Gasteiger partial charge >= 0.3 is 0 Å². The van der Waals surface area contributed by atoms with E-state index in [2.05, 4.69) is 24.1 Å². The van der Waals surface area contributed by atoms with Crippen LogP contribution in [0.4, 0.5) is 0 Å². The van der Waals surface area contributed by atoms with Crippen LogP contribution in [0.2, 0.25) is 0 Å². The summed E-state index contributed by atoms with van der Waals surface area (Å²) in [5.41, 5.74) is 1.10. The van der Waals surface area contributed by atoms with Crippen LogP contribution in [0.5, 0.6) is 0 Å². The van der Waals surface area contributed by atoms with E-state index in [9.17, 15) is 8.42 Å². The smallest absolute Gasteiger partial charge is 0.175 e. The zero-order valence-corrected chi connectivity index (χ0v) is 13.2. The van der Waals surface area contributed by atoms with Gasteiger partial charge in [0, 0.05) is 24.9 Å². The Morgan fingerprint density at radius 3 is 2.11 bits per heavy atom. The summed E-state index contributed by atoms with van der Waals surface area (Å²) in [6.07, 6.45) is 1.23. The van der Waals surface area contributed by atoms with Crippen molar-refractivity contribution in [3.05, 3.63) is 29.8 Å². The van der Waals surface area contributed by atoms with Gasteiger partial charge in [-0.15, -0.1) is 0 Å². The van der Waals surface area contributed by atoms with Gasteiger partial charge in [0.25, 0.3) is 0 Å². The molecule has 1 aromatic carbocycles. The van der Waals surface area contributed by atoms with Gasteiger partial charge in [0.2, 0.25) is 0 Å². The second-order valence-electron chi connectivity index (χ2n) is 5.39. The third kappa shape index (κ3) is 5.30. The largest absolute Gasteiger partial charge is 0.308 e. The average molecular weight is 284 g/mol. The molecule has 1 aromatic rings. The van der Waals surface area contributed by atoms with Gasteiger partial charge in [-0.25, -0.2) is 8.42 Å². The van der Waals surface area contributed by atoms with E-state index in [1.54, 1.807) is 12.1 Å². The van der Waals surface area contributed by atoms with Crippen molar-refractivity contribution in [3.63, 3.8) is 0 Å². The number of hydrogen-bond donors (Lipinski definition) is 1. The van der Waals surface area contributed by atoms with Crippen LogP contribution in [0.15, 0.2) is 29.2 Å². The molecule has 19 heavy (non-hydrogen) atoms. The summed E-state index contributed by atoms with van der Waals surface area (Å²) in [6.45, 7) is 5.19. The minimum Gasteiger partial charge on any atom is -0.308 e. The molecule has 0 spiro atoms. The second kappa shape index (κ2) is 6.50. The summed E-state index contributed by atoms with van der Waals surface area (Å²) >= 11 is 0. The van der Waals surface area contributed by atoms with Crippen molar-refractivity contribution in [2.24, 2.45) is 0 Å². The Morgan fingerprint density at radius 2 is 1.68 bits per heavy atom. The Bertz CT molecular complexity index is 495. The lowest BCUT2D eigenvalue weighted by Gasteiger charge is -2.23. The monoisotopic (exact) mass is 284 g/mol. The van der Waals surface area contributed by atoms with Gasteiger partial charge < -0.3 is 10.2 Å². The first-order valence-electron chi connectivity index (χ1n) is 6.41. The second-order valence-corrected chi connectivity index (χ2v) is 7.41. The molecule has 0 bridgehead atoms. The molecule has 0 aromatic heterocycles. The summed E-state index contributed by atoms with van der Waals surface area (Å²) in [7, 11) is 0.979. The fourth-order valence-corrected chi connectivity index (χ4v) is 2.76. The van der Waals surface area contributed by atoms with Crippen molar-refractivity contribution in [1.82, 2.24) is 10.2 Å². The summed E-state index contributed by atoms with van der Waals surface area (Å²) in [4.78, 5) is 2.50. The van der Waals surface area contributed by atoms with E-state index in [1.807, 2.05) is 26.2 Å². The first-order valence-corrected chi connectivity index (χ1v) is 8.30. The van der Waals surface area contributed by atoms with E-state index in [0.29, 0.717) is 10.9 Å². The van der Waals surface area contributed by atoms with Gasteiger partial charge in [-0.3, -0.25) is 0 Å². The van der Waals surface area contributed by atoms with Crippen LogP contribution in [0, 0.1) is 0 Å². The van der Waals surface area contributed by atoms with Gasteiger partial charge in [-0.05, 0) is 45.6 Å². The van der Waals surface area contributed by atoms with Gasteiger partial charge in [0.15, 0.2) is 9.84 Å². The molecule has 0 aliphatic heterocycles. The molecule has 0 aliphatic carbocycles. The topological polar surface area (TPSA) is 49.4 Å². The van der Waals surface area contributed by atoms with Crippen LogP contribution < -0.4 is 5.32 Å². The molecule has 1 N–H and O–H groups in total. The predicted octanol–water partition coefficient (Wildman–Crippen LogP) is 1.69. The van der Waals surface area contributed by atoms with Gasteiger partial charge in [-0.2, -0.15) is 0 Å². The molecular formula is C14H24N2O2S. The molecular weight excluding hydrogens is 260 g/mol. The number of sulfone groups is 1. The zero-order chi connectivity index (χ0) is 14.6. The number of likely N-dealkylation sites (N-methyl/N-ethyl adjacent to an activating group) is 1. The molecule has 0 saturated carbocycles. The highest BCUT2D eigenvalue weighted by Crippen LogP contribution is 2.16. The minimum atomic E-state index is -3.11. The van der Waals surface area contributed by atoms with Crippen LogP contribution >= 0.6 is 0 Å². The average Bonchev–Trinajstić information content (AvgIpc) is 2.26. The lowest BCUT2D eigenvalue weighted by atomic mass is 10.1. The highest BCUT2D eigenvalue weighted by atomic mass is 32.2. The summed E-state index contributed by atoms with van der Waals surface area (Å²) in [5, 5.41) is 3.49. The molecule has 0 fully saturated rings. The Balaban J connectivity index is 2.70. The summed E-state index contributed by atoms with van der Waals surface area (Å²) < 4.78 is 22.8. The van der Waals surface area contributed by atoms with Crippen LogP contribution in [-0.2, 0) is 9.84 Å². The first kappa shape index (κ1) is 16.1. The molecule has 0 saturated heterocycles. The van der Waals surface area contributed by atoms with E-state index < -0.39 is 9.84 Å². The van der Waals surface area contributed by atoms with Crippen molar-refractivity contribution in [3.8, 4) is 0 Å². The standard InChI is InChI=1S/C14H24N2O2S/c1-11(10-16(3)4)15-12(2)13-6-8-14(9-7-13)19(5,17)18/h6-9,11-12,15H,10H2,1-5H3. The molecule has 4 nitrogen and oxygen atoms in total. The number of nitrogens with one attached hydrogen (secondary N) is 1.